The Hall–Kier alpha value is -2.20. The van der Waals surface area contributed by atoms with Gasteiger partial charge in [0.2, 0.25) is 0 Å². The second kappa shape index (κ2) is 11.4. The summed E-state index contributed by atoms with van der Waals surface area (Å²) in [5, 5.41) is 2.75. The fourth-order valence-electron chi connectivity index (χ4n) is 2.28. The van der Waals surface area contributed by atoms with E-state index in [-0.39, 0.29) is 0 Å². The number of nitrogens with one attached hydrogen (secondary N) is 1. The van der Waals surface area contributed by atoms with Crippen LogP contribution in [0.25, 0.3) is 0 Å². The smallest absolute Gasteiger partial charge is 0.129 e. The predicted molar refractivity (Wildman–Crippen MR) is 99.3 cm³/mol. The third-order valence-corrected chi connectivity index (χ3v) is 3.33. The Kier molecular flexibility index (Phi) is 9.39. The molecule has 0 saturated heterocycles. The number of ether oxygens (including phenoxy) is 3. The average molecular weight is 331 g/mol. The Balaban J connectivity index is 0.000000891. The molecule has 0 fully saturated rings. The number of hydrogen-bond acceptors (Lipinski definition) is 4. The second-order valence-corrected chi connectivity index (χ2v) is 5.33. The van der Waals surface area contributed by atoms with Crippen molar-refractivity contribution < 1.29 is 14.2 Å². The van der Waals surface area contributed by atoms with Gasteiger partial charge in [0.25, 0.3) is 0 Å². The lowest BCUT2D eigenvalue weighted by Gasteiger charge is -2.15. The van der Waals surface area contributed by atoms with Crippen molar-refractivity contribution in [3.05, 3.63) is 53.6 Å². The summed E-state index contributed by atoms with van der Waals surface area (Å²) in [6.07, 6.45) is 1.96. The minimum Gasteiger partial charge on any atom is -0.496 e. The van der Waals surface area contributed by atoms with Crippen LogP contribution in [0.3, 0.4) is 0 Å². The Morgan fingerprint density at radius 3 is 1.92 bits per heavy atom. The normalized spacial score (nSPS) is 9.71. The highest BCUT2D eigenvalue weighted by Crippen LogP contribution is 2.35. The van der Waals surface area contributed by atoms with E-state index in [1.165, 1.54) is 0 Å². The molecule has 0 spiro atoms. The topological polar surface area (TPSA) is 39.7 Å². The summed E-state index contributed by atoms with van der Waals surface area (Å²) >= 11 is 0. The van der Waals surface area contributed by atoms with Crippen molar-refractivity contribution in [3.63, 3.8) is 0 Å². The van der Waals surface area contributed by atoms with Gasteiger partial charge in [-0.3, -0.25) is 0 Å². The van der Waals surface area contributed by atoms with Crippen molar-refractivity contribution in [2.75, 3.05) is 28.3 Å². The van der Waals surface area contributed by atoms with Gasteiger partial charge in [0.05, 0.1) is 14.2 Å². The first-order valence-electron chi connectivity index (χ1n) is 8.20. The number of benzene rings is 2. The van der Waals surface area contributed by atoms with Gasteiger partial charge in [0, 0.05) is 17.7 Å². The van der Waals surface area contributed by atoms with E-state index in [0.29, 0.717) is 6.61 Å². The fraction of sp³-hybridized carbons (Fsp3) is 0.400. The molecule has 0 aliphatic rings. The SMILES string of the molecule is CCCc1c(OC)cc(OCc2ccccc2)cc1OC.CNC. The van der Waals surface area contributed by atoms with Crippen LogP contribution in [0.1, 0.15) is 24.5 Å². The molecule has 0 bridgehead atoms. The maximum absolute atomic E-state index is 5.85. The maximum atomic E-state index is 5.85. The van der Waals surface area contributed by atoms with E-state index >= 15 is 0 Å². The van der Waals surface area contributed by atoms with Crippen LogP contribution in [0.4, 0.5) is 0 Å². The highest BCUT2D eigenvalue weighted by atomic mass is 16.5. The van der Waals surface area contributed by atoms with Crippen LogP contribution in [0.2, 0.25) is 0 Å². The van der Waals surface area contributed by atoms with Crippen molar-refractivity contribution in [1.29, 1.82) is 0 Å². The van der Waals surface area contributed by atoms with Gasteiger partial charge < -0.3 is 19.5 Å². The molecular formula is C20H29NO3. The predicted octanol–water partition coefficient (Wildman–Crippen LogP) is 4.07. The molecular weight excluding hydrogens is 302 g/mol. The summed E-state index contributed by atoms with van der Waals surface area (Å²) in [5.41, 5.74) is 2.22. The standard InChI is InChI=1S/C18H22O3.C2H7N/c1-4-8-16-17(19-2)11-15(12-18(16)20-3)21-13-14-9-6-5-7-10-14;1-3-2/h5-7,9-12H,4,8,13H2,1-3H3;3H,1-2H3. The minimum atomic E-state index is 0.528. The number of methoxy groups -OCH3 is 2. The van der Waals surface area contributed by atoms with Crippen LogP contribution >= 0.6 is 0 Å². The molecule has 4 heteroatoms. The van der Waals surface area contributed by atoms with E-state index < -0.39 is 0 Å². The third kappa shape index (κ3) is 6.13. The lowest BCUT2D eigenvalue weighted by Crippen LogP contribution is -2.00. The van der Waals surface area contributed by atoms with Crippen molar-refractivity contribution in [1.82, 2.24) is 5.32 Å². The molecule has 2 aromatic carbocycles. The molecule has 24 heavy (non-hydrogen) atoms. The monoisotopic (exact) mass is 331 g/mol. The highest BCUT2D eigenvalue weighted by molar-refractivity contribution is 5.50. The quantitative estimate of drug-likeness (QED) is 0.830. The summed E-state index contributed by atoms with van der Waals surface area (Å²) in [4.78, 5) is 0. The molecule has 0 saturated carbocycles. The van der Waals surface area contributed by atoms with Crippen molar-refractivity contribution in [2.45, 2.75) is 26.4 Å². The average Bonchev–Trinajstić information content (AvgIpc) is 2.62. The van der Waals surface area contributed by atoms with E-state index in [4.69, 9.17) is 14.2 Å². The molecule has 0 aromatic heterocycles. The van der Waals surface area contributed by atoms with Crippen molar-refractivity contribution in [3.8, 4) is 17.2 Å². The van der Waals surface area contributed by atoms with Crippen LogP contribution in [-0.2, 0) is 13.0 Å². The van der Waals surface area contributed by atoms with Gasteiger partial charge in [-0.15, -0.1) is 0 Å². The molecule has 1 N–H and O–H groups in total. The van der Waals surface area contributed by atoms with Gasteiger partial charge >= 0.3 is 0 Å². The van der Waals surface area contributed by atoms with Crippen LogP contribution in [-0.4, -0.2) is 28.3 Å². The van der Waals surface area contributed by atoms with Gasteiger partial charge in [-0.05, 0) is 26.1 Å². The third-order valence-electron chi connectivity index (χ3n) is 3.33. The lowest BCUT2D eigenvalue weighted by atomic mass is 10.1. The first-order valence-corrected chi connectivity index (χ1v) is 8.20. The molecule has 0 aliphatic carbocycles. The van der Waals surface area contributed by atoms with Crippen LogP contribution < -0.4 is 19.5 Å². The van der Waals surface area contributed by atoms with E-state index in [0.717, 1.165) is 41.2 Å². The summed E-state index contributed by atoms with van der Waals surface area (Å²) in [6.45, 7) is 2.67. The number of hydrogen-bond donors (Lipinski definition) is 1. The van der Waals surface area contributed by atoms with Gasteiger partial charge in [-0.2, -0.15) is 0 Å². The van der Waals surface area contributed by atoms with Gasteiger partial charge in [0.1, 0.15) is 23.9 Å². The zero-order chi connectivity index (χ0) is 17.8. The van der Waals surface area contributed by atoms with Crippen molar-refractivity contribution in [2.24, 2.45) is 0 Å². The second-order valence-electron chi connectivity index (χ2n) is 5.33. The van der Waals surface area contributed by atoms with E-state index in [9.17, 15) is 0 Å². The minimum absolute atomic E-state index is 0.528. The molecule has 0 atom stereocenters. The van der Waals surface area contributed by atoms with Gasteiger partial charge in [-0.25, -0.2) is 0 Å². The zero-order valence-corrected chi connectivity index (χ0v) is 15.4. The van der Waals surface area contributed by atoms with Crippen LogP contribution in [0.15, 0.2) is 42.5 Å². The first kappa shape index (κ1) is 19.8. The Morgan fingerprint density at radius 2 is 1.46 bits per heavy atom. The maximum Gasteiger partial charge on any atom is 0.129 e. The lowest BCUT2D eigenvalue weighted by molar-refractivity contribution is 0.299. The summed E-state index contributed by atoms with van der Waals surface area (Å²) in [7, 11) is 7.10. The van der Waals surface area contributed by atoms with E-state index in [2.05, 4.69) is 12.2 Å². The molecule has 0 amide bonds. The molecule has 4 nitrogen and oxygen atoms in total. The van der Waals surface area contributed by atoms with Gasteiger partial charge in [-0.1, -0.05) is 43.7 Å². The van der Waals surface area contributed by atoms with Gasteiger partial charge in [0.15, 0.2) is 0 Å². The molecule has 132 valence electrons. The Labute approximate surface area is 145 Å². The molecule has 0 unspecified atom stereocenters. The highest BCUT2D eigenvalue weighted by Gasteiger charge is 2.12. The van der Waals surface area contributed by atoms with E-state index in [1.807, 2.05) is 56.6 Å². The zero-order valence-electron chi connectivity index (χ0n) is 15.4. The summed E-state index contributed by atoms with van der Waals surface area (Å²) < 4.78 is 16.8. The Morgan fingerprint density at radius 1 is 0.917 bits per heavy atom. The molecule has 0 aliphatic heterocycles. The number of rotatable bonds is 7. The molecule has 0 heterocycles. The largest absolute Gasteiger partial charge is 0.496 e. The van der Waals surface area contributed by atoms with Crippen molar-refractivity contribution >= 4 is 0 Å². The fourth-order valence-corrected chi connectivity index (χ4v) is 2.28. The van der Waals surface area contributed by atoms with Crippen LogP contribution in [0.5, 0.6) is 17.2 Å². The molecule has 2 aromatic rings. The molecule has 2 rings (SSSR count). The van der Waals surface area contributed by atoms with E-state index in [1.54, 1.807) is 14.2 Å². The Bertz CT molecular complexity index is 560. The molecule has 0 radical (unpaired) electrons. The summed E-state index contributed by atoms with van der Waals surface area (Å²) in [5.74, 6) is 2.39. The van der Waals surface area contributed by atoms with Crippen LogP contribution in [0, 0.1) is 0 Å². The summed E-state index contributed by atoms with van der Waals surface area (Å²) in [6, 6.07) is 13.9. The first-order chi connectivity index (χ1) is 11.7.